The number of benzene rings is 1. The maximum absolute atomic E-state index is 12.2. The lowest BCUT2D eigenvalue weighted by atomic mass is 10.0. The van der Waals surface area contributed by atoms with E-state index in [0.29, 0.717) is 0 Å². The van der Waals surface area contributed by atoms with E-state index in [1.807, 2.05) is 38.1 Å². The van der Waals surface area contributed by atoms with Gasteiger partial charge in [-0.3, -0.25) is 4.79 Å². The average molecular weight is 305 g/mol. The largest absolute Gasteiger partial charge is 0.363 e. The first kappa shape index (κ1) is 15.8. The quantitative estimate of drug-likeness (QED) is 0.839. The van der Waals surface area contributed by atoms with Crippen molar-refractivity contribution in [2.75, 3.05) is 19.6 Å². The summed E-state index contributed by atoms with van der Waals surface area (Å²) in [5, 5.41) is 7.12. The Morgan fingerprint density at radius 1 is 1.38 bits per heavy atom. The zero-order valence-corrected chi connectivity index (χ0v) is 13.5. The molecule has 0 aromatic heterocycles. The molecule has 1 saturated heterocycles. The van der Waals surface area contributed by atoms with Crippen LogP contribution in [0, 0.1) is 6.92 Å². The number of aryl methyl sites for hydroxylation is 1. The molecule has 114 valence electrons. The summed E-state index contributed by atoms with van der Waals surface area (Å²) in [6, 6.07) is 7.93. The first-order valence-electron chi connectivity index (χ1n) is 7.50. The SMILES string of the molecule is CCNC(=S)N1CCC(NC(=O)c2cccc(C)c2)CC1. The molecule has 5 heteroatoms. The molecule has 0 spiro atoms. The molecular formula is C16H23N3OS. The van der Waals surface area contributed by atoms with E-state index in [1.54, 1.807) is 0 Å². The van der Waals surface area contributed by atoms with Crippen molar-refractivity contribution < 1.29 is 4.79 Å². The number of likely N-dealkylation sites (tertiary alicyclic amines) is 1. The lowest BCUT2D eigenvalue weighted by Gasteiger charge is -2.34. The fourth-order valence-corrected chi connectivity index (χ4v) is 2.87. The minimum atomic E-state index is 0.0198. The summed E-state index contributed by atoms with van der Waals surface area (Å²) in [6.07, 6.45) is 1.87. The van der Waals surface area contributed by atoms with Crippen LogP contribution in [0.25, 0.3) is 0 Å². The van der Waals surface area contributed by atoms with Crippen LogP contribution in [0.15, 0.2) is 24.3 Å². The van der Waals surface area contributed by atoms with Crippen LogP contribution in [0.1, 0.15) is 35.7 Å². The second-order valence-corrected chi connectivity index (χ2v) is 5.83. The van der Waals surface area contributed by atoms with Gasteiger partial charge in [-0.25, -0.2) is 0 Å². The molecule has 0 aliphatic carbocycles. The van der Waals surface area contributed by atoms with Gasteiger partial charge < -0.3 is 15.5 Å². The smallest absolute Gasteiger partial charge is 0.251 e. The molecule has 0 unspecified atom stereocenters. The minimum Gasteiger partial charge on any atom is -0.363 e. The average Bonchev–Trinajstić information content (AvgIpc) is 2.48. The Labute approximate surface area is 131 Å². The van der Waals surface area contributed by atoms with Crippen molar-refractivity contribution >= 4 is 23.2 Å². The van der Waals surface area contributed by atoms with E-state index in [0.717, 1.165) is 48.7 Å². The van der Waals surface area contributed by atoms with Gasteiger partial charge in [0.05, 0.1) is 0 Å². The summed E-state index contributed by atoms with van der Waals surface area (Å²) in [7, 11) is 0. The van der Waals surface area contributed by atoms with E-state index in [1.165, 1.54) is 0 Å². The fraction of sp³-hybridized carbons (Fsp3) is 0.500. The molecule has 1 aromatic rings. The second-order valence-electron chi connectivity index (χ2n) is 5.44. The highest BCUT2D eigenvalue weighted by atomic mass is 32.1. The van der Waals surface area contributed by atoms with E-state index in [4.69, 9.17) is 12.2 Å². The van der Waals surface area contributed by atoms with Crippen molar-refractivity contribution in [1.82, 2.24) is 15.5 Å². The van der Waals surface area contributed by atoms with Crippen LogP contribution in [0.2, 0.25) is 0 Å². The first-order valence-corrected chi connectivity index (χ1v) is 7.91. The van der Waals surface area contributed by atoms with Gasteiger partial charge in [-0.15, -0.1) is 0 Å². The fourth-order valence-electron chi connectivity index (χ4n) is 2.54. The first-order chi connectivity index (χ1) is 10.1. The molecule has 4 nitrogen and oxygen atoms in total. The van der Waals surface area contributed by atoms with Gasteiger partial charge >= 0.3 is 0 Å². The lowest BCUT2D eigenvalue weighted by molar-refractivity contribution is 0.0922. The normalized spacial score (nSPS) is 15.6. The highest BCUT2D eigenvalue weighted by molar-refractivity contribution is 7.80. The van der Waals surface area contributed by atoms with E-state index in [2.05, 4.69) is 15.5 Å². The van der Waals surface area contributed by atoms with Crippen LogP contribution in [-0.4, -0.2) is 41.6 Å². The lowest BCUT2D eigenvalue weighted by Crippen LogP contribution is -2.49. The van der Waals surface area contributed by atoms with Crippen LogP contribution in [0.4, 0.5) is 0 Å². The molecule has 2 N–H and O–H groups in total. The number of hydrogen-bond donors (Lipinski definition) is 2. The number of carbonyl (C=O) groups is 1. The van der Waals surface area contributed by atoms with Crippen molar-refractivity contribution in [3.05, 3.63) is 35.4 Å². The minimum absolute atomic E-state index is 0.0198. The summed E-state index contributed by atoms with van der Waals surface area (Å²) in [5.41, 5.74) is 1.84. The molecule has 2 rings (SSSR count). The third kappa shape index (κ3) is 4.43. The number of nitrogens with one attached hydrogen (secondary N) is 2. The van der Waals surface area contributed by atoms with Crippen molar-refractivity contribution in [2.24, 2.45) is 0 Å². The summed E-state index contributed by atoms with van der Waals surface area (Å²) in [5.74, 6) is 0.0198. The Balaban J connectivity index is 1.83. The highest BCUT2D eigenvalue weighted by Crippen LogP contribution is 2.12. The number of thiocarbonyl (C=S) groups is 1. The second kappa shape index (κ2) is 7.41. The molecule has 1 fully saturated rings. The predicted molar refractivity (Wildman–Crippen MR) is 89.5 cm³/mol. The number of piperidine rings is 1. The molecule has 1 heterocycles. The molecule has 21 heavy (non-hydrogen) atoms. The van der Waals surface area contributed by atoms with Crippen LogP contribution >= 0.6 is 12.2 Å². The van der Waals surface area contributed by atoms with Gasteiger partial charge in [0.1, 0.15) is 0 Å². The summed E-state index contributed by atoms with van der Waals surface area (Å²) < 4.78 is 0. The van der Waals surface area contributed by atoms with Crippen molar-refractivity contribution in [3.63, 3.8) is 0 Å². The van der Waals surface area contributed by atoms with Crippen LogP contribution in [0.3, 0.4) is 0 Å². The Morgan fingerprint density at radius 2 is 2.10 bits per heavy atom. The van der Waals surface area contributed by atoms with Gasteiger partial charge in [-0.2, -0.15) is 0 Å². The molecule has 0 saturated carbocycles. The number of nitrogens with zero attached hydrogens (tertiary/aromatic N) is 1. The summed E-state index contributed by atoms with van der Waals surface area (Å²) >= 11 is 5.32. The van der Waals surface area contributed by atoms with E-state index in [-0.39, 0.29) is 11.9 Å². The van der Waals surface area contributed by atoms with Crippen LogP contribution in [0.5, 0.6) is 0 Å². The third-order valence-electron chi connectivity index (χ3n) is 3.73. The molecule has 0 atom stereocenters. The number of amides is 1. The van der Waals surface area contributed by atoms with E-state index >= 15 is 0 Å². The number of carbonyl (C=O) groups excluding carboxylic acids is 1. The van der Waals surface area contributed by atoms with Gasteiger partial charge in [-0.1, -0.05) is 17.7 Å². The molecule has 0 radical (unpaired) electrons. The van der Waals surface area contributed by atoms with Gasteiger partial charge in [0, 0.05) is 31.2 Å². The Kier molecular flexibility index (Phi) is 5.56. The highest BCUT2D eigenvalue weighted by Gasteiger charge is 2.22. The zero-order chi connectivity index (χ0) is 15.2. The van der Waals surface area contributed by atoms with Gasteiger partial charge in [-0.05, 0) is 51.0 Å². The third-order valence-corrected chi connectivity index (χ3v) is 4.13. The van der Waals surface area contributed by atoms with Crippen LogP contribution in [-0.2, 0) is 0 Å². The summed E-state index contributed by atoms with van der Waals surface area (Å²) in [4.78, 5) is 14.4. The van der Waals surface area contributed by atoms with E-state index in [9.17, 15) is 4.79 Å². The summed E-state index contributed by atoms with van der Waals surface area (Å²) in [6.45, 7) is 6.68. The molecule has 0 bridgehead atoms. The Morgan fingerprint density at radius 3 is 2.71 bits per heavy atom. The monoisotopic (exact) mass is 305 g/mol. The molecule has 1 aliphatic heterocycles. The predicted octanol–water partition coefficient (Wildman–Crippen LogP) is 2.08. The maximum Gasteiger partial charge on any atom is 0.251 e. The van der Waals surface area contributed by atoms with Gasteiger partial charge in [0.25, 0.3) is 5.91 Å². The maximum atomic E-state index is 12.2. The topological polar surface area (TPSA) is 44.4 Å². The standard InChI is InChI=1S/C16H23N3OS/c1-3-17-16(21)19-9-7-14(8-10-19)18-15(20)13-6-4-5-12(2)11-13/h4-6,11,14H,3,7-10H2,1-2H3,(H,17,21)(H,18,20). The van der Waals surface area contributed by atoms with Crippen molar-refractivity contribution in [1.29, 1.82) is 0 Å². The Bertz CT molecular complexity index is 510. The molecular weight excluding hydrogens is 282 g/mol. The number of rotatable bonds is 3. The number of hydrogen-bond acceptors (Lipinski definition) is 2. The van der Waals surface area contributed by atoms with Crippen molar-refractivity contribution in [3.8, 4) is 0 Å². The van der Waals surface area contributed by atoms with E-state index < -0.39 is 0 Å². The zero-order valence-electron chi connectivity index (χ0n) is 12.7. The Hall–Kier alpha value is -1.62. The molecule has 1 aliphatic rings. The molecule has 1 amide bonds. The van der Waals surface area contributed by atoms with Crippen molar-refractivity contribution in [2.45, 2.75) is 32.7 Å². The van der Waals surface area contributed by atoms with Gasteiger partial charge in [0.2, 0.25) is 0 Å². The molecule has 1 aromatic carbocycles. The van der Waals surface area contributed by atoms with Crippen LogP contribution < -0.4 is 10.6 Å². The van der Waals surface area contributed by atoms with Gasteiger partial charge in [0.15, 0.2) is 5.11 Å².